The molecule has 1 heterocycles. The van der Waals surface area contributed by atoms with E-state index >= 15 is 0 Å². The zero-order valence-corrected chi connectivity index (χ0v) is 32.9. The number of fused-ring (bicyclic) bond motifs is 4. The first-order valence-electron chi connectivity index (χ1n) is 20.5. The highest BCUT2D eigenvalue weighted by Crippen LogP contribution is 2.43. The summed E-state index contributed by atoms with van der Waals surface area (Å²) >= 11 is 0. The standard InChI is InChI=1S/C58H39NO/c1-3-13-43(14-4-1)52-38-33-47(39-55(52)45-15-5-2-6-16-45)42-27-25-40(26-28-42)41-29-34-48(35-30-41)59(56-23-12-22-54-53-20-9-10-24-57(53)60-58(54)56)49-36-31-46(32-37-49)51-21-11-18-44-17-7-8-19-50(44)51/h1-39H. The zero-order chi connectivity index (χ0) is 39.8. The lowest BCUT2D eigenvalue weighted by molar-refractivity contribution is 0.669. The molecule has 282 valence electrons. The molecule has 0 atom stereocenters. The minimum Gasteiger partial charge on any atom is -0.454 e. The number of hydrogen-bond donors (Lipinski definition) is 0. The predicted molar refractivity (Wildman–Crippen MR) is 253 cm³/mol. The first-order valence-corrected chi connectivity index (χ1v) is 20.5. The van der Waals surface area contributed by atoms with Gasteiger partial charge < -0.3 is 9.32 Å². The van der Waals surface area contributed by atoms with Crippen LogP contribution in [0.15, 0.2) is 241 Å². The van der Waals surface area contributed by atoms with E-state index in [4.69, 9.17) is 4.42 Å². The third kappa shape index (κ3) is 6.41. The van der Waals surface area contributed by atoms with E-state index in [9.17, 15) is 0 Å². The molecule has 0 N–H and O–H groups in total. The van der Waals surface area contributed by atoms with Gasteiger partial charge in [-0.2, -0.15) is 0 Å². The first-order chi connectivity index (χ1) is 29.7. The Labute approximate surface area is 349 Å². The van der Waals surface area contributed by atoms with E-state index in [0.717, 1.165) is 44.6 Å². The van der Waals surface area contributed by atoms with Crippen LogP contribution in [0.3, 0.4) is 0 Å². The van der Waals surface area contributed by atoms with Crippen LogP contribution < -0.4 is 4.90 Å². The van der Waals surface area contributed by atoms with E-state index in [0.29, 0.717) is 0 Å². The second-order valence-electron chi connectivity index (χ2n) is 15.3. The molecule has 0 radical (unpaired) electrons. The molecule has 60 heavy (non-hydrogen) atoms. The van der Waals surface area contributed by atoms with Crippen LogP contribution in [0.1, 0.15) is 0 Å². The molecule has 11 aromatic rings. The zero-order valence-electron chi connectivity index (χ0n) is 32.9. The number of rotatable bonds is 8. The van der Waals surface area contributed by atoms with Gasteiger partial charge in [-0.1, -0.05) is 194 Å². The molecule has 0 saturated carbocycles. The Morgan fingerprint density at radius 3 is 1.47 bits per heavy atom. The van der Waals surface area contributed by atoms with E-state index < -0.39 is 0 Å². The van der Waals surface area contributed by atoms with Crippen molar-refractivity contribution in [2.75, 3.05) is 4.90 Å². The third-order valence-corrected chi connectivity index (χ3v) is 11.7. The van der Waals surface area contributed by atoms with Crippen LogP contribution >= 0.6 is 0 Å². The van der Waals surface area contributed by atoms with Crippen molar-refractivity contribution in [1.29, 1.82) is 0 Å². The maximum atomic E-state index is 6.61. The summed E-state index contributed by atoms with van der Waals surface area (Å²) in [6.07, 6.45) is 0. The summed E-state index contributed by atoms with van der Waals surface area (Å²) in [5, 5.41) is 4.70. The fourth-order valence-electron chi connectivity index (χ4n) is 8.71. The smallest absolute Gasteiger partial charge is 0.159 e. The minimum atomic E-state index is 0.865. The van der Waals surface area contributed by atoms with Gasteiger partial charge in [0.1, 0.15) is 5.58 Å². The molecule has 0 aliphatic carbocycles. The monoisotopic (exact) mass is 765 g/mol. The SMILES string of the molecule is c1ccc(-c2ccc(-c3ccc(-c4ccc(N(c5ccc(-c6cccc7ccccc67)cc5)c5cccc6c5oc5ccccc56)cc4)cc3)cc2-c2ccccc2)cc1. The average molecular weight is 766 g/mol. The van der Waals surface area contributed by atoms with Gasteiger partial charge in [-0.15, -0.1) is 0 Å². The summed E-state index contributed by atoms with van der Waals surface area (Å²) in [5.74, 6) is 0. The molecule has 0 unspecified atom stereocenters. The van der Waals surface area contributed by atoms with E-state index in [2.05, 4.69) is 229 Å². The molecule has 0 fully saturated rings. The predicted octanol–water partition coefficient (Wildman–Crippen LogP) is 16.5. The Hall–Kier alpha value is -7.94. The van der Waals surface area contributed by atoms with Gasteiger partial charge in [-0.25, -0.2) is 0 Å². The summed E-state index contributed by atoms with van der Waals surface area (Å²) in [7, 11) is 0. The number of anilines is 3. The van der Waals surface area contributed by atoms with Crippen LogP contribution in [0.4, 0.5) is 17.1 Å². The summed E-state index contributed by atoms with van der Waals surface area (Å²) in [6, 6.07) is 84.7. The summed E-state index contributed by atoms with van der Waals surface area (Å²) < 4.78 is 6.61. The second kappa shape index (κ2) is 15.1. The third-order valence-electron chi connectivity index (χ3n) is 11.7. The molecule has 0 aliphatic rings. The summed E-state index contributed by atoms with van der Waals surface area (Å²) in [6.45, 7) is 0. The molecule has 0 saturated heterocycles. The quantitative estimate of drug-likeness (QED) is 0.153. The minimum absolute atomic E-state index is 0.865. The molecule has 0 amide bonds. The van der Waals surface area contributed by atoms with Gasteiger partial charge >= 0.3 is 0 Å². The van der Waals surface area contributed by atoms with Crippen molar-refractivity contribution in [3.63, 3.8) is 0 Å². The molecule has 0 bridgehead atoms. The molecule has 2 nitrogen and oxygen atoms in total. The fourth-order valence-corrected chi connectivity index (χ4v) is 8.71. The van der Waals surface area contributed by atoms with Gasteiger partial charge in [0.05, 0.1) is 5.69 Å². The molecular formula is C58H39NO. The molecule has 11 rings (SSSR count). The number of nitrogens with zero attached hydrogens (tertiary/aromatic N) is 1. The molecule has 10 aromatic carbocycles. The topological polar surface area (TPSA) is 16.4 Å². The summed E-state index contributed by atoms with van der Waals surface area (Å²) in [4.78, 5) is 2.31. The van der Waals surface area contributed by atoms with Crippen molar-refractivity contribution in [2.45, 2.75) is 0 Å². The van der Waals surface area contributed by atoms with Crippen LogP contribution in [-0.2, 0) is 0 Å². The largest absolute Gasteiger partial charge is 0.454 e. The number of para-hydroxylation sites is 2. The number of benzene rings is 10. The number of furan rings is 1. The maximum absolute atomic E-state index is 6.61. The van der Waals surface area contributed by atoms with Crippen molar-refractivity contribution in [2.24, 2.45) is 0 Å². The fraction of sp³-hybridized carbons (Fsp3) is 0. The van der Waals surface area contributed by atoms with Crippen molar-refractivity contribution in [1.82, 2.24) is 0 Å². The van der Waals surface area contributed by atoms with Crippen LogP contribution in [0, 0.1) is 0 Å². The van der Waals surface area contributed by atoms with E-state index in [1.165, 1.54) is 60.8 Å². The first kappa shape index (κ1) is 35.2. The van der Waals surface area contributed by atoms with E-state index in [-0.39, 0.29) is 0 Å². The molecule has 0 aliphatic heterocycles. The molecular weight excluding hydrogens is 727 g/mol. The highest BCUT2D eigenvalue weighted by molar-refractivity contribution is 6.10. The van der Waals surface area contributed by atoms with Crippen molar-refractivity contribution in [3.05, 3.63) is 237 Å². The molecule has 2 heteroatoms. The lowest BCUT2D eigenvalue weighted by atomic mass is 9.91. The highest BCUT2D eigenvalue weighted by Gasteiger charge is 2.20. The molecule has 0 spiro atoms. The van der Waals surface area contributed by atoms with Gasteiger partial charge in [-0.05, 0) is 109 Å². The Morgan fingerprint density at radius 1 is 0.283 bits per heavy atom. The van der Waals surface area contributed by atoms with Crippen LogP contribution in [-0.4, -0.2) is 0 Å². The van der Waals surface area contributed by atoms with E-state index in [1.807, 2.05) is 12.1 Å². The average Bonchev–Trinajstić information content (AvgIpc) is 3.72. The maximum Gasteiger partial charge on any atom is 0.159 e. The van der Waals surface area contributed by atoms with Crippen LogP contribution in [0.25, 0.3) is 88.3 Å². The lowest BCUT2D eigenvalue weighted by Gasteiger charge is -2.26. The Bertz CT molecular complexity index is 3270. The van der Waals surface area contributed by atoms with Gasteiger partial charge in [0, 0.05) is 22.1 Å². The van der Waals surface area contributed by atoms with Crippen molar-refractivity contribution >= 4 is 49.8 Å². The Kier molecular flexibility index (Phi) is 8.87. The lowest BCUT2D eigenvalue weighted by Crippen LogP contribution is -2.10. The number of hydrogen-bond acceptors (Lipinski definition) is 2. The second-order valence-corrected chi connectivity index (χ2v) is 15.3. The van der Waals surface area contributed by atoms with Gasteiger partial charge in [0.25, 0.3) is 0 Å². The van der Waals surface area contributed by atoms with Crippen molar-refractivity contribution in [3.8, 4) is 55.6 Å². The molecule has 1 aromatic heterocycles. The highest BCUT2D eigenvalue weighted by atomic mass is 16.3. The van der Waals surface area contributed by atoms with Crippen LogP contribution in [0.2, 0.25) is 0 Å². The van der Waals surface area contributed by atoms with Gasteiger partial charge in [0.2, 0.25) is 0 Å². The Morgan fingerprint density at radius 2 is 0.767 bits per heavy atom. The van der Waals surface area contributed by atoms with E-state index in [1.54, 1.807) is 0 Å². The van der Waals surface area contributed by atoms with Crippen molar-refractivity contribution < 1.29 is 4.42 Å². The van der Waals surface area contributed by atoms with Gasteiger partial charge in [-0.3, -0.25) is 0 Å². The van der Waals surface area contributed by atoms with Gasteiger partial charge in [0.15, 0.2) is 5.58 Å². The normalized spacial score (nSPS) is 11.3. The summed E-state index contributed by atoms with van der Waals surface area (Å²) in [5.41, 5.74) is 16.8. The van der Waals surface area contributed by atoms with Crippen LogP contribution in [0.5, 0.6) is 0 Å². The Balaban J connectivity index is 0.950.